The summed E-state index contributed by atoms with van der Waals surface area (Å²) < 4.78 is 10.7. The average molecular weight is 350 g/mol. The number of ether oxygens (including phenoxy) is 1. The van der Waals surface area contributed by atoms with Crippen molar-refractivity contribution in [3.8, 4) is 0 Å². The highest BCUT2D eigenvalue weighted by atomic mass is 16.5. The largest absolute Gasteiger partial charge is 0.469 e. The van der Waals surface area contributed by atoms with Crippen LogP contribution in [0.2, 0.25) is 0 Å². The second-order valence-electron chi connectivity index (χ2n) is 7.15. The lowest BCUT2D eigenvalue weighted by Gasteiger charge is -2.27. The normalized spacial score (nSPS) is 17.0. The van der Waals surface area contributed by atoms with Gasteiger partial charge in [-0.2, -0.15) is 0 Å². The van der Waals surface area contributed by atoms with Gasteiger partial charge in [-0.3, -0.25) is 4.99 Å². The van der Waals surface area contributed by atoms with Crippen molar-refractivity contribution in [2.45, 2.75) is 58.3 Å². The van der Waals surface area contributed by atoms with E-state index in [1.54, 1.807) is 13.4 Å². The molecule has 1 aliphatic rings. The standard InChI is InChI=1S/C20H35N3O2/c1-3-4-13-21-19(22-14-9-18-8-7-15-25-18)23-17-20(12-16-24-2)10-5-6-11-20/h7-8,15H,3-6,9-14,16-17H2,1-2H3,(H2,21,22,23). The van der Waals surface area contributed by atoms with E-state index in [2.05, 4.69) is 17.6 Å². The number of rotatable bonds is 11. The van der Waals surface area contributed by atoms with E-state index in [-0.39, 0.29) is 0 Å². The number of furan rings is 1. The van der Waals surface area contributed by atoms with Crippen LogP contribution in [0.25, 0.3) is 0 Å². The molecule has 2 rings (SSSR count). The van der Waals surface area contributed by atoms with Gasteiger partial charge in [-0.25, -0.2) is 0 Å². The maximum Gasteiger partial charge on any atom is 0.191 e. The second-order valence-corrected chi connectivity index (χ2v) is 7.15. The van der Waals surface area contributed by atoms with Gasteiger partial charge >= 0.3 is 0 Å². The van der Waals surface area contributed by atoms with Crippen molar-refractivity contribution in [1.82, 2.24) is 10.6 Å². The zero-order valence-corrected chi connectivity index (χ0v) is 16.0. The Morgan fingerprint density at radius 2 is 2.08 bits per heavy atom. The Morgan fingerprint density at radius 1 is 1.28 bits per heavy atom. The Kier molecular flexibility index (Phi) is 8.87. The fourth-order valence-corrected chi connectivity index (χ4v) is 3.49. The van der Waals surface area contributed by atoms with Crippen LogP contribution in [0, 0.1) is 5.41 Å². The van der Waals surface area contributed by atoms with Gasteiger partial charge in [0, 0.05) is 39.8 Å². The van der Waals surface area contributed by atoms with Gasteiger partial charge in [0.25, 0.3) is 0 Å². The predicted molar refractivity (Wildman–Crippen MR) is 103 cm³/mol. The molecule has 142 valence electrons. The Labute approximate surface area is 152 Å². The van der Waals surface area contributed by atoms with Crippen molar-refractivity contribution in [2.24, 2.45) is 10.4 Å². The number of aliphatic imine (C=N–C) groups is 1. The van der Waals surface area contributed by atoms with E-state index < -0.39 is 0 Å². The van der Waals surface area contributed by atoms with E-state index in [4.69, 9.17) is 14.1 Å². The summed E-state index contributed by atoms with van der Waals surface area (Å²) in [5, 5.41) is 6.94. The van der Waals surface area contributed by atoms with Gasteiger partial charge in [0.2, 0.25) is 0 Å². The molecule has 0 saturated heterocycles. The maximum absolute atomic E-state index is 5.40. The van der Waals surface area contributed by atoms with E-state index in [1.165, 1.54) is 32.1 Å². The van der Waals surface area contributed by atoms with Crippen LogP contribution in [0.4, 0.5) is 0 Å². The van der Waals surface area contributed by atoms with Gasteiger partial charge in [0.05, 0.1) is 6.26 Å². The topological polar surface area (TPSA) is 58.8 Å². The minimum absolute atomic E-state index is 0.330. The van der Waals surface area contributed by atoms with Crippen LogP contribution in [0.5, 0.6) is 0 Å². The molecule has 0 radical (unpaired) electrons. The number of guanidine groups is 1. The highest BCUT2D eigenvalue weighted by molar-refractivity contribution is 5.79. The van der Waals surface area contributed by atoms with Crippen LogP contribution >= 0.6 is 0 Å². The number of hydrogen-bond acceptors (Lipinski definition) is 3. The summed E-state index contributed by atoms with van der Waals surface area (Å²) in [7, 11) is 1.79. The molecule has 0 unspecified atom stereocenters. The number of unbranched alkanes of at least 4 members (excludes halogenated alkanes) is 1. The van der Waals surface area contributed by atoms with Gasteiger partial charge in [0.1, 0.15) is 5.76 Å². The molecule has 0 aliphatic heterocycles. The molecule has 5 nitrogen and oxygen atoms in total. The van der Waals surface area contributed by atoms with E-state index in [0.29, 0.717) is 5.41 Å². The third kappa shape index (κ3) is 7.10. The SMILES string of the molecule is CCCCNC(=NCC1(CCOC)CCCC1)NCCc1ccco1. The number of nitrogens with one attached hydrogen (secondary N) is 2. The molecule has 0 amide bonds. The lowest BCUT2D eigenvalue weighted by atomic mass is 9.83. The Balaban J connectivity index is 1.88. The highest BCUT2D eigenvalue weighted by Crippen LogP contribution is 2.41. The molecule has 1 aliphatic carbocycles. The summed E-state index contributed by atoms with van der Waals surface area (Å²) in [5.41, 5.74) is 0.330. The monoisotopic (exact) mass is 349 g/mol. The van der Waals surface area contributed by atoms with Crippen molar-refractivity contribution in [3.05, 3.63) is 24.2 Å². The van der Waals surface area contributed by atoms with Crippen LogP contribution < -0.4 is 10.6 Å². The molecule has 1 saturated carbocycles. The second kappa shape index (κ2) is 11.2. The Morgan fingerprint density at radius 3 is 2.76 bits per heavy atom. The predicted octanol–water partition coefficient (Wildman–Crippen LogP) is 3.75. The summed E-state index contributed by atoms with van der Waals surface area (Å²) in [6.07, 6.45) is 11.2. The molecular weight excluding hydrogens is 314 g/mol. The van der Waals surface area contributed by atoms with E-state index in [9.17, 15) is 0 Å². The molecule has 2 N–H and O–H groups in total. The van der Waals surface area contributed by atoms with Crippen molar-refractivity contribution in [2.75, 3.05) is 33.4 Å². The van der Waals surface area contributed by atoms with E-state index in [0.717, 1.165) is 57.2 Å². The van der Waals surface area contributed by atoms with Crippen LogP contribution in [-0.2, 0) is 11.2 Å². The molecule has 25 heavy (non-hydrogen) atoms. The minimum Gasteiger partial charge on any atom is -0.469 e. The molecule has 0 atom stereocenters. The summed E-state index contributed by atoms with van der Waals surface area (Å²) >= 11 is 0. The molecule has 1 aromatic rings. The molecule has 1 aromatic heterocycles. The molecule has 1 fully saturated rings. The molecule has 0 bridgehead atoms. The summed E-state index contributed by atoms with van der Waals surface area (Å²) in [5.74, 6) is 1.94. The third-order valence-corrected chi connectivity index (χ3v) is 5.14. The van der Waals surface area contributed by atoms with Crippen LogP contribution in [0.3, 0.4) is 0 Å². The molecule has 0 spiro atoms. The van der Waals surface area contributed by atoms with Gasteiger partial charge in [-0.1, -0.05) is 26.2 Å². The average Bonchev–Trinajstić information content (AvgIpc) is 3.30. The van der Waals surface area contributed by atoms with Gasteiger partial charge in [-0.15, -0.1) is 0 Å². The first-order valence-corrected chi connectivity index (χ1v) is 9.81. The first-order valence-electron chi connectivity index (χ1n) is 9.81. The van der Waals surface area contributed by atoms with Gasteiger partial charge in [-0.05, 0) is 43.2 Å². The third-order valence-electron chi connectivity index (χ3n) is 5.14. The van der Waals surface area contributed by atoms with E-state index >= 15 is 0 Å². The van der Waals surface area contributed by atoms with Crippen molar-refractivity contribution in [3.63, 3.8) is 0 Å². The minimum atomic E-state index is 0.330. The highest BCUT2D eigenvalue weighted by Gasteiger charge is 2.33. The van der Waals surface area contributed by atoms with E-state index in [1.807, 2.05) is 12.1 Å². The lowest BCUT2D eigenvalue weighted by Crippen LogP contribution is -2.40. The number of hydrogen-bond donors (Lipinski definition) is 2. The summed E-state index contributed by atoms with van der Waals surface area (Å²) in [6.45, 7) is 5.73. The fourth-order valence-electron chi connectivity index (χ4n) is 3.49. The molecule has 5 heteroatoms. The first-order chi connectivity index (χ1) is 12.3. The quantitative estimate of drug-likeness (QED) is 0.363. The first kappa shape index (κ1) is 19.8. The molecule has 1 heterocycles. The van der Waals surface area contributed by atoms with Crippen LogP contribution in [0.15, 0.2) is 27.8 Å². The number of nitrogens with zero attached hydrogens (tertiary/aromatic N) is 1. The zero-order chi connectivity index (χ0) is 17.8. The van der Waals surface area contributed by atoms with Crippen molar-refractivity contribution >= 4 is 5.96 Å². The Hall–Kier alpha value is -1.49. The van der Waals surface area contributed by atoms with Crippen LogP contribution in [-0.4, -0.2) is 39.3 Å². The number of methoxy groups -OCH3 is 1. The summed E-state index contributed by atoms with van der Waals surface area (Å²) in [6, 6.07) is 3.95. The maximum atomic E-state index is 5.40. The molecular formula is C20H35N3O2. The van der Waals surface area contributed by atoms with Crippen LogP contribution in [0.1, 0.15) is 57.6 Å². The smallest absolute Gasteiger partial charge is 0.191 e. The summed E-state index contributed by atoms with van der Waals surface area (Å²) in [4.78, 5) is 4.93. The lowest BCUT2D eigenvalue weighted by molar-refractivity contribution is 0.141. The van der Waals surface area contributed by atoms with Crippen molar-refractivity contribution < 1.29 is 9.15 Å². The zero-order valence-electron chi connectivity index (χ0n) is 16.0. The van der Waals surface area contributed by atoms with Gasteiger partial charge < -0.3 is 19.8 Å². The molecule has 0 aromatic carbocycles. The van der Waals surface area contributed by atoms with Gasteiger partial charge in [0.15, 0.2) is 5.96 Å². The fraction of sp³-hybridized carbons (Fsp3) is 0.750. The van der Waals surface area contributed by atoms with Crippen molar-refractivity contribution in [1.29, 1.82) is 0 Å². The Bertz CT molecular complexity index is 479.